The van der Waals surface area contributed by atoms with Crippen LogP contribution < -0.4 is 10.6 Å². The maximum atomic E-state index is 13.4. The predicted octanol–water partition coefficient (Wildman–Crippen LogP) is 2.64. The van der Waals surface area contributed by atoms with E-state index in [1.807, 2.05) is 13.8 Å². The third-order valence-electron chi connectivity index (χ3n) is 4.49. The monoisotopic (exact) mass is 454 g/mol. The number of nitrogens with one attached hydrogen (secondary N) is 2. The Labute approximate surface area is 182 Å². The number of carbonyl (C=O) groups excluding carboxylic acids is 3. The van der Waals surface area contributed by atoms with Crippen LogP contribution in [0.3, 0.4) is 0 Å². The fraction of sp³-hybridized carbons (Fsp3) is 0.450. The standard InChI is InChI=1S/C20H24F2N4O4S/c1-4-5-14(23-17(30)15(28)11-8-12(21)10-13(22)9-11)16(29)24-19-26-25-18(31-19)20(2,3)6-7-27/h7-10,14-15,28H,4-6H2,1-3H3,(H,23,30)(H,24,26,29). The molecule has 168 valence electrons. The number of aromatic nitrogens is 2. The van der Waals surface area contributed by atoms with Crippen molar-refractivity contribution in [3.63, 3.8) is 0 Å². The molecule has 2 unspecified atom stereocenters. The molecule has 0 bridgehead atoms. The molecule has 0 radical (unpaired) electrons. The Morgan fingerprint density at radius 3 is 2.42 bits per heavy atom. The van der Waals surface area contributed by atoms with Crippen LogP contribution in [-0.4, -0.2) is 39.4 Å². The van der Waals surface area contributed by atoms with E-state index in [0.29, 0.717) is 17.5 Å². The highest BCUT2D eigenvalue weighted by molar-refractivity contribution is 7.15. The van der Waals surface area contributed by atoms with Crippen LogP contribution in [0.1, 0.15) is 56.7 Å². The highest BCUT2D eigenvalue weighted by Gasteiger charge is 2.28. The number of rotatable bonds is 10. The second-order valence-electron chi connectivity index (χ2n) is 7.61. The molecule has 0 aliphatic carbocycles. The number of aliphatic hydroxyl groups excluding tert-OH is 1. The molecule has 1 aromatic carbocycles. The number of amides is 2. The van der Waals surface area contributed by atoms with Crippen molar-refractivity contribution in [2.45, 2.75) is 57.6 Å². The summed E-state index contributed by atoms with van der Waals surface area (Å²) in [6.45, 7) is 5.45. The lowest BCUT2D eigenvalue weighted by Crippen LogP contribution is -2.45. The highest BCUT2D eigenvalue weighted by atomic mass is 32.1. The highest BCUT2D eigenvalue weighted by Crippen LogP contribution is 2.30. The minimum atomic E-state index is -1.85. The molecular formula is C20H24F2N4O4S. The molecule has 1 aromatic heterocycles. The first kappa shape index (κ1) is 24.5. The van der Waals surface area contributed by atoms with Gasteiger partial charge in [-0.25, -0.2) is 8.78 Å². The largest absolute Gasteiger partial charge is 0.378 e. The zero-order valence-corrected chi connectivity index (χ0v) is 18.1. The van der Waals surface area contributed by atoms with Crippen molar-refractivity contribution in [1.29, 1.82) is 0 Å². The maximum absolute atomic E-state index is 13.4. The fourth-order valence-corrected chi connectivity index (χ4v) is 3.59. The number of anilines is 1. The van der Waals surface area contributed by atoms with Crippen LogP contribution >= 0.6 is 11.3 Å². The molecule has 0 saturated heterocycles. The first-order valence-electron chi connectivity index (χ1n) is 9.60. The van der Waals surface area contributed by atoms with Crippen LogP contribution in [-0.2, 0) is 19.8 Å². The van der Waals surface area contributed by atoms with Crippen molar-refractivity contribution in [1.82, 2.24) is 15.5 Å². The second-order valence-corrected chi connectivity index (χ2v) is 8.59. The van der Waals surface area contributed by atoms with Gasteiger partial charge in [-0.2, -0.15) is 0 Å². The Hall–Kier alpha value is -2.79. The van der Waals surface area contributed by atoms with E-state index >= 15 is 0 Å². The number of hydrogen-bond donors (Lipinski definition) is 3. The van der Waals surface area contributed by atoms with Crippen LogP contribution in [0.5, 0.6) is 0 Å². The van der Waals surface area contributed by atoms with Crippen molar-refractivity contribution in [2.75, 3.05) is 5.32 Å². The van der Waals surface area contributed by atoms with E-state index in [1.54, 1.807) is 6.92 Å². The van der Waals surface area contributed by atoms with E-state index in [9.17, 15) is 28.3 Å². The van der Waals surface area contributed by atoms with Crippen LogP contribution in [0.4, 0.5) is 13.9 Å². The Balaban J connectivity index is 2.09. The SMILES string of the molecule is CCCC(NC(=O)C(O)c1cc(F)cc(F)c1)C(=O)Nc1nnc(C(C)(C)CC=O)s1. The van der Waals surface area contributed by atoms with Gasteiger partial charge in [0.2, 0.25) is 11.0 Å². The molecule has 0 aliphatic heterocycles. The third-order valence-corrected chi connectivity index (χ3v) is 5.69. The predicted molar refractivity (Wildman–Crippen MR) is 110 cm³/mol. The van der Waals surface area contributed by atoms with Gasteiger partial charge >= 0.3 is 0 Å². The molecule has 0 spiro atoms. The maximum Gasteiger partial charge on any atom is 0.254 e. The molecule has 1 heterocycles. The van der Waals surface area contributed by atoms with Gasteiger partial charge in [-0.3, -0.25) is 14.9 Å². The minimum Gasteiger partial charge on any atom is -0.378 e. The average Bonchev–Trinajstić information content (AvgIpc) is 3.15. The summed E-state index contributed by atoms with van der Waals surface area (Å²) in [6, 6.07) is 1.28. The Morgan fingerprint density at radius 2 is 1.84 bits per heavy atom. The first-order valence-corrected chi connectivity index (χ1v) is 10.4. The summed E-state index contributed by atoms with van der Waals surface area (Å²) in [5, 5.41) is 23.8. The molecule has 2 rings (SSSR count). The topological polar surface area (TPSA) is 121 Å². The number of halogens is 2. The lowest BCUT2D eigenvalue weighted by molar-refractivity contribution is -0.133. The van der Waals surface area contributed by atoms with Gasteiger partial charge in [0.15, 0.2) is 6.10 Å². The van der Waals surface area contributed by atoms with Gasteiger partial charge in [-0.1, -0.05) is 38.5 Å². The minimum absolute atomic E-state index is 0.196. The summed E-state index contributed by atoms with van der Waals surface area (Å²) in [5.74, 6) is -3.42. The number of nitrogens with zero attached hydrogens (tertiary/aromatic N) is 2. The van der Waals surface area contributed by atoms with Crippen molar-refractivity contribution in [3.8, 4) is 0 Å². The van der Waals surface area contributed by atoms with Gasteiger partial charge in [0.05, 0.1) is 0 Å². The molecule has 0 aliphatic rings. The van der Waals surface area contributed by atoms with Crippen molar-refractivity contribution in [3.05, 3.63) is 40.4 Å². The van der Waals surface area contributed by atoms with E-state index in [2.05, 4.69) is 20.8 Å². The van der Waals surface area contributed by atoms with Gasteiger partial charge in [-0.15, -0.1) is 10.2 Å². The lowest BCUT2D eigenvalue weighted by atomic mass is 9.91. The number of benzene rings is 1. The van der Waals surface area contributed by atoms with Crippen LogP contribution in [0.15, 0.2) is 18.2 Å². The molecule has 8 nitrogen and oxygen atoms in total. The lowest BCUT2D eigenvalue weighted by Gasteiger charge is -2.19. The molecule has 2 aromatic rings. The van der Waals surface area contributed by atoms with Crippen LogP contribution in [0, 0.1) is 11.6 Å². The summed E-state index contributed by atoms with van der Waals surface area (Å²) in [7, 11) is 0. The van der Waals surface area contributed by atoms with Crippen molar-refractivity contribution >= 4 is 34.6 Å². The summed E-state index contributed by atoms with van der Waals surface area (Å²) >= 11 is 1.11. The third kappa shape index (κ3) is 6.59. The summed E-state index contributed by atoms with van der Waals surface area (Å²) in [6.07, 6.45) is -0.0409. The fourth-order valence-electron chi connectivity index (χ4n) is 2.73. The van der Waals surface area contributed by atoms with E-state index in [4.69, 9.17) is 0 Å². The smallest absolute Gasteiger partial charge is 0.254 e. The van der Waals surface area contributed by atoms with Crippen LogP contribution in [0.2, 0.25) is 0 Å². The Kier molecular flexibility index (Phi) is 8.28. The Bertz CT molecular complexity index is 931. The number of aliphatic hydroxyl groups is 1. The molecule has 2 atom stereocenters. The van der Waals surface area contributed by atoms with Crippen LogP contribution in [0.25, 0.3) is 0 Å². The van der Waals surface area contributed by atoms with E-state index in [-0.39, 0.29) is 23.5 Å². The molecular weight excluding hydrogens is 430 g/mol. The summed E-state index contributed by atoms with van der Waals surface area (Å²) in [5.41, 5.74) is -0.805. The summed E-state index contributed by atoms with van der Waals surface area (Å²) in [4.78, 5) is 35.8. The van der Waals surface area contributed by atoms with Gasteiger partial charge < -0.3 is 15.2 Å². The van der Waals surface area contributed by atoms with Gasteiger partial charge in [0.1, 0.15) is 29.0 Å². The normalized spacial score (nSPS) is 13.4. The number of carbonyl (C=O) groups is 3. The molecule has 11 heteroatoms. The molecule has 31 heavy (non-hydrogen) atoms. The quantitative estimate of drug-likeness (QED) is 0.475. The van der Waals surface area contributed by atoms with Gasteiger partial charge in [-0.05, 0) is 24.1 Å². The zero-order valence-electron chi connectivity index (χ0n) is 17.3. The van der Waals surface area contributed by atoms with Crippen molar-refractivity contribution < 1.29 is 28.3 Å². The average molecular weight is 454 g/mol. The van der Waals surface area contributed by atoms with E-state index in [1.165, 1.54) is 0 Å². The zero-order chi connectivity index (χ0) is 23.2. The molecule has 0 fully saturated rings. The van der Waals surface area contributed by atoms with E-state index in [0.717, 1.165) is 29.8 Å². The number of hydrogen-bond acceptors (Lipinski definition) is 7. The van der Waals surface area contributed by atoms with E-state index < -0.39 is 41.0 Å². The second kappa shape index (κ2) is 10.5. The molecule has 0 saturated carbocycles. The number of aldehydes is 1. The first-order chi connectivity index (χ1) is 14.6. The van der Waals surface area contributed by atoms with Gasteiger partial charge in [0.25, 0.3) is 5.91 Å². The Morgan fingerprint density at radius 1 is 1.19 bits per heavy atom. The van der Waals surface area contributed by atoms with Gasteiger partial charge in [0, 0.05) is 17.9 Å². The summed E-state index contributed by atoms with van der Waals surface area (Å²) < 4.78 is 26.7. The molecule has 2 amide bonds. The van der Waals surface area contributed by atoms with Crippen molar-refractivity contribution in [2.24, 2.45) is 0 Å². The molecule has 3 N–H and O–H groups in total.